The van der Waals surface area contributed by atoms with Crippen LogP contribution in [0.25, 0.3) is 0 Å². The molecule has 1 aliphatic heterocycles. The monoisotopic (exact) mass is 352 g/mol. The molecule has 0 spiro atoms. The van der Waals surface area contributed by atoms with E-state index in [4.69, 9.17) is 4.74 Å². The molecule has 1 heterocycles. The van der Waals surface area contributed by atoms with E-state index in [1.807, 2.05) is 42.3 Å². The highest BCUT2D eigenvalue weighted by atomic mass is 16.5. The van der Waals surface area contributed by atoms with Gasteiger partial charge in [-0.1, -0.05) is 30.3 Å². The van der Waals surface area contributed by atoms with E-state index in [9.17, 15) is 14.4 Å². The molecule has 0 radical (unpaired) electrons. The van der Waals surface area contributed by atoms with Crippen LogP contribution in [0.15, 0.2) is 54.6 Å². The van der Waals surface area contributed by atoms with Crippen molar-refractivity contribution in [1.82, 2.24) is 4.90 Å². The van der Waals surface area contributed by atoms with Gasteiger partial charge in [-0.25, -0.2) is 0 Å². The summed E-state index contributed by atoms with van der Waals surface area (Å²) in [5.41, 5.74) is 1.81. The predicted octanol–water partition coefficient (Wildman–Crippen LogP) is 2.35. The standard InChI is InChI=1S/C20H20N2O4/c1-21(15-7-3-2-4-8-15)12-11-18(23)26-14-13-22-19(24)16-9-5-6-10-17(16)20(22)25/h2-10H,11-14H2,1H3. The van der Waals surface area contributed by atoms with E-state index >= 15 is 0 Å². The molecule has 0 atom stereocenters. The normalized spacial score (nSPS) is 12.9. The van der Waals surface area contributed by atoms with Crippen LogP contribution in [-0.4, -0.2) is 49.4 Å². The zero-order valence-corrected chi connectivity index (χ0v) is 14.6. The first-order chi connectivity index (χ1) is 12.6. The number of nitrogens with zero attached hydrogens (tertiary/aromatic N) is 2. The fourth-order valence-electron chi connectivity index (χ4n) is 2.84. The summed E-state index contributed by atoms with van der Waals surface area (Å²) >= 11 is 0. The van der Waals surface area contributed by atoms with E-state index in [0.717, 1.165) is 10.6 Å². The van der Waals surface area contributed by atoms with E-state index in [2.05, 4.69) is 0 Å². The lowest BCUT2D eigenvalue weighted by Gasteiger charge is -2.19. The quantitative estimate of drug-likeness (QED) is 0.565. The maximum absolute atomic E-state index is 12.2. The highest BCUT2D eigenvalue weighted by molar-refractivity contribution is 6.21. The first-order valence-electron chi connectivity index (χ1n) is 8.45. The average Bonchev–Trinajstić information content (AvgIpc) is 2.92. The van der Waals surface area contributed by atoms with E-state index in [-0.39, 0.29) is 37.4 Å². The van der Waals surface area contributed by atoms with Gasteiger partial charge >= 0.3 is 5.97 Å². The van der Waals surface area contributed by atoms with Crippen LogP contribution < -0.4 is 4.90 Å². The summed E-state index contributed by atoms with van der Waals surface area (Å²) in [6.45, 7) is 0.585. The Kier molecular flexibility index (Phi) is 5.31. The van der Waals surface area contributed by atoms with E-state index in [1.165, 1.54) is 0 Å². The SMILES string of the molecule is CN(CCC(=O)OCCN1C(=O)c2ccccc2C1=O)c1ccccc1. The third-order valence-electron chi connectivity index (χ3n) is 4.30. The highest BCUT2D eigenvalue weighted by Gasteiger charge is 2.34. The molecule has 6 nitrogen and oxygen atoms in total. The van der Waals surface area contributed by atoms with Gasteiger partial charge in [0.1, 0.15) is 6.61 Å². The molecule has 0 saturated carbocycles. The summed E-state index contributed by atoms with van der Waals surface area (Å²) in [5, 5.41) is 0. The minimum absolute atomic E-state index is 0.000642. The topological polar surface area (TPSA) is 66.9 Å². The number of carbonyl (C=O) groups excluding carboxylic acids is 3. The van der Waals surface area contributed by atoms with Crippen molar-refractivity contribution in [2.75, 3.05) is 31.6 Å². The zero-order valence-electron chi connectivity index (χ0n) is 14.6. The molecule has 26 heavy (non-hydrogen) atoms. The van der Waals surface area contributed by atoms with Gasteiger partial charge in [-0.05, 0) is 24.3 Å². The van der Waals surface area contributed by atoms with Crippen LogP contribution in [0.5, 0.6) is 0 Å². The second kappa shape index (κ2) is 7.82. The van der Waals surface area contributed by atoms with Crippen molar-refractivity contribution >= 4 is 23.5 Å². The Morgan fingerprint density at radius 1 is 0.962 bits per heavy atom. The number of esters is 1. The van der Waals surface area contributed by atoms with Crippen molar-refractivity contribution < 1.29 is 19.1 Å². The number of imide groups is 1. The Balaban J connectivity index is 1.43. The number of anilines is 1. The minimum atomic E-state index is -0.357. The Morgan fingerprint density at radius 3 is 2.15 bits per heavy atom. The number of benzene rings is 2. The van der Waals surface area contributed by atoms with Crippen molar-refractivity contribution in [2.24, 2.45) is 0 Å². The van der Waals surface area contributed by atoms with Crippen LogP contribution in [0.1, 0.15) is 27.1 Å². The molecule has 2 aromatic carbocycles. The van der Waals surface area contributed by atoms with Crippen LogP contribution >= 0.6 is 0 Å². The smallest absolute Gasteiger partial charge is 0.307 e. The first kappa shape index (κ1) is 17.7. The molecule has 0 unspecified atom stereocenters. The van der Waals surface area contributed by atoms with E-state index in [0.29, 0.717) is 17.7 Å². The van der Waals surface area contributed by atoms with Gasteiger partial charge in [0.05, 0.1) is 24.1 Å². The minimum Gasteiger partial charge on any atom is -0.464 e. The van der Waals surface area contributed by atoms with Crippen LogP contribution in [0, 0.1) is 0 Å². The third kappa shape index (κ3) is 3.74. The lowest BCUT2D eigenvalue weighted by molar-refractivity contribution is -0.143. The molecule has 134 valence electrons. The Morgan fingerprint density at radius 2 is 1.54 bits per heavy atom. The maximum Gasteiger partial charge on any atom is 0.307 e. The summed E-state index contributed by atoms with van der Waals surface area (Å²) in [6, 6.07) is 16.4. The van der Waals surface area contributed by atoms with Crippen molar-refractivity contribution in [2.45, 2.75) is 6.42 Å². The molecule has 0 fully saturated rings. The molecule has 0 aliphatic carbocycles. The molecule has 2 aromatic rings. The van der Waals surface area contributed by atoms with E-state index in [1.54, 1.807) is 24.3 Å². The molecular formula is C20H20N2O4. The van der Waals surface area contributed by atoms with Gasteiger partial charge in [-0.3, -0.25) is 19.3 Å². The zero-order chi connectivity index (χ0) is 18.5. The summed E-state index contributed by atoms with van der Waals surface area (Å²) < 4.78 is 5.17. The number of rotatable bonds is 7. The lowest BCUT2D eigenvalue weighted by atomic mass is 10.1. The summed E-state index contributed by atoms with van der Waals surface area (Å²) in [7, 11) is 1.90. The number of hydrogen-bond acceptors (Lipinski definition) is 5. The maximum atomic E-state index is 12.2. The van der Waals surface area contributed by atoms with Gasteiger partial charge in [0.2, 0.25) is 0 Å². The summed E-state index contributed by atoms with van der Waals surface area (Å²) in [4.78, 5) is 39.4. The summed E-state index contributed by atoms with van der Waals surface area (Å²) in [5.74, 6) is -1.04. The Bertz CT molecular complexity index is 785. The molecule has 0 aromatic heterocycles. The fraction of sp³-hybridized carbons (Fsp3) is 0.250. The molecular weight excluding hydrogens is 332 g/mol. The molecule has 0 N–H and O–H groups in total. The van der Waals surface area contributed by atoms with Gasteiger partial charge in [0.25, 0.3) is 11.8 Å². The molecule has 3 rings (SSSR count). The number of ether oxygens (including phenoxy) is 1. The van der Waals surface area contributed by atoms with Gasteiger partial charge in [0, 0.05) is 19.3 Å². The molecule has 0 saturated heterocycles. The van der Waals surface area contributed by atoms with Crippen LogP contribution in [0.3, 0.4) is 0 Å². The highest BCUT2D eigenvalue weighted by Crippen LogP contribution is 2.21. The number of fused-ring (bicyclic) bond motifs is 1. The molecule has 6 heteroatoms. The van der Waals surface area contributed by atoms with Crippen LogP contribution in [-0.2, 0) is 9.53 Å². The van der Waals surface area contributed by atoms with Crippen molar-refractivity contribution in [3.8, 4) is 0 Å². The average molecular weight is 352 g/mol. The first-order valence-corrected chi connectivity index (χ1v) is 8.45. The Labute approximate surface area is 152 Å². The number of para-hydroxylation sites is 1. The molecule has 0 bridgehead atoms. The lowest BCUT2D eigenvalue weighted by Crippen LogP contribution is -2.33. The number of hydrogen-bond donors (Lipinski definition) is 0. The number of amides is 2. The van der Waals surface area contributed by atoms with Crippen molar-refractivity contribution in [3.05, 3.63) is 65.7 Å². The van der Waals surface area contributed by atoms with Crippen molar-refractivity contribution in [1.29, 1.82) is 0 Å². The van der Waals surface area contributed by atoms with Crippen LogP contribution in [0.4, 0.5) is 5.69 Å². The largest absolute Gasteiger partial charge is 0.464 e. The number of carbonyl (C=O) groups is 3. The van der Waals surface area contributed by atoms with E-state index < -0.39 is 0 Å². The fourth-order valence-corrected chi connectivity index (χ4v) is 2.84. The molecule has 2 amide bonds. The second-order valence-corrected chi connectivity index (χ2v) is 6.04. The molecule has 1 aliphatic rings. The third-order valence-corrected chi connectivity index (χ3v) is 4.30. The van der Waals surface area contributed by atoms with Crippen LogP contribution in [0.2, 0.25) is 0 Å². The van der Waals surface area contributed by atoms with Crippen molar-refractivity contribution in [3.63, 3.8) is 0 Å². The van der Waals surface area contributed by atoms with Gasteiger partial charge < -0.3 is 9.64 Å². The summed E-state index contributed by atoms with van der Waals surface area (Å²) in [6.07, 6.45) is 0.230. The van der Waals surface area contributed by atoms with Gasteiger partial charge in [0.15, 0.2) is 0 Å². The van der Waals surface area contributed by atoms with Gasteiger partial charge in [-0.2, -0.15) is 0 Å². The Hall–Kier alpha value is -3.15. The second-order valence-electron chi connectivity index (χ2n) is 6.04. The van der Waals surface area contributed by atoms with Gasteiger partial charge in [-0.15, -0.1) is 0 Å². The predicted molar refractivity (Wildman–Crippen MR) is 97.1 cm³/mol.